The van der Waals surface area contributed by atoms with Crippen molar-refractivity contribution in [2.24, 2.45) is 23.7 Å². The summed E-state index contributed by atoms with van der Waals surface area (Å²) in [5.74, 6) is 5.63. The van der Waals surface area contributed by atoms with E-state index in [1.54, 1.807) is 0 Å². The summed E-state index contributed by atoms with van der Waals surface area (Å²) in [5, 5.41) is 7.76. The third kappa shape index (κ3) is 10.2. The van der Waals surface area contributed by atoms with E-state index in [0.29, 0.717) is 0 Å². The molecule has 4 unspecified atom stereocenters. The fourth-order valence-corrected chi connectivity index (χ4v) is 5.50. The van der Waals surface area contributed by atoms with Crippen molar-refractivity contribution in [1.82, 2.24) is 10.5 Å². The molecule has 1 aliphatic carbocycles. The van der Waals surface area contributed by atoms with Gasteiger partial charge in [0.2, 0.25) is 0 Å². The number of hydrogen-bond donors (Lipinski definition) is 1. The second-order valence-electron chi connectivity index (χ2n) is 8.67. The molecule has 3 nitrogen and oxygen atoms in total. The molecule has 1 N–H and O–H groups in total. The van der Waals surface area contributed by atoms with E-state index in [0.717, 1.165) is 54.0 Å². The Morgan fingerprint density at radius 2 is 1.77 bits per heavy atom. The maximum Gasteiger partial charge on any atom is 0.164 e. The first-order chi connectivity index (χ1) is 14.5. The van der Waals surface area contributed by atoms with Gasteiger partial charge in [-0.3, -0.25) is 0 Å². The van der Waals surface area contributed by atoms with Gasteiger partial charge in [0.1, 0.15) is 0 Å². The Balaban J connectivity index is 0.00000105. The highest BCUT2D eigenvalue weighted by Gasteiger charge is 2.40. The Labute approximate surface area is 192 Å². The molecule has 30 heavy (non-hydrogen) atoms. The van der Waals surface area contributed by atoms with E-state index in [4.69, 9.17) is 4.52 Å². The summed E-state index contributed by atoms with van der Waals surface area (Å²) >= 11 is 1.87. The second kappa shape index (κ2) is 18.1. The summed E-state index contributed by atoms with van der Waals surface area (Å²) in [6, 6.07) is 0. The van der Waals surface area contributed by atoms with Crippen LogP contribution < -0.4 is 5.32 Å². The van der Waals surface area contributed by atoms with Gasteiger partial charge in [-0.2, -0.15) is 0 Å². The quantitative estimate of drug-likeness (QED) is 0.330. The number of nitrogens with one attached hydrogen (secondary N) is 1. The monoisotopic (exact) mass is 440 g/mol. The van der Waals surface area contributed by atoms with Crippen molar-refractivity contribution in [3.63, 3.8) is 0 Å². The van der Waals surface area contributed by atoms with Crippen LogP contribution in [0.15, 0.2) is 9.42 Å². The van der Waals surface area contributed by atoms with Crippen molar-refractivity contribution >= 4 is 11.8 Å². The lowest BCUT2D eigenvalue weighted by atomic mass is 9.59. The Hall–Kier alpha value is -0.480. The highest BCUT2D eigenvalue weighted by molar-refractivity contribution is 7.99. The molecule has 4 atom stereocenters. The van der Waals surface area contributed by atoms with Gasteiger partial charge in [0.25, 0.3) is 0 Å². The molecule has 0 aliphatic heterocycles. The molecule has 0 saturated heterocycles. The first-order valence-corrected chi connectivity index (χ1v) is 13.8. The SMILES string of the molecule is CC.CCCCC.CCCSc1c(C)noc1CNCC(C)C1C(C)CC1CCC. The van der Waals surface area contributed by atoms with E-state index in [2.05, 4.69) is 52.0 Å². The van der Waals surface area contributed by atoms with Gasteiger partial charge in [-0.1, -0.05) is 92.7 Å². The Morgan fingerprint density at radius 1 is 1.10 bits per heavy atom. The van der Waals surface area contributed by atoms with Gasteiger partial charge in [0.05, 0.1) is 17.1 Å². The van der Waals surface area contributed by atoms with E-state index in [9.17, 15) is 0 Å². The van der Waals surface area contributed by atoms with Crippen LogP contribution in [-0.2, 0) is 6.54 Å². The lowest BCUT2D eigenvalue weighted by Gasteiger charge is -2.47. The molecule has 1 aromatic heterocycles. The molecule has 1 aromatic rings. The topological polar surface area (TPSA) is 38.1 Å². The van der Waals surface area contributed by atoms with Crippen LogP contribution in [0.2, 0.25) is 0 Å². The minimum atomic E-state index is 0.742. The second-order valence-corrected chi connectivity index (χ2v) is 9.77. The molecule has 1 saturated carbocycles. The third-order valence-electron chi connectivity index (χ3n) is 5.98. The zero-order valence-electron chi connectivity index (χ0n) is 21.6. The Bertz CT molecular complexity index is 513. The molecule has 1 aliphatic rings. The fraction of sp³-hybridized carbons (Fsp3) is 0.885. The van der Waals surface area contributed by atoms with Crippen LogP contribution in [0, 0.1) is 30.6 Å². The number of nitrogens with zero attached hydrogens (tertiary/aromatic N) is 1. The van der Waals surface area contributed by atoms with Gasteiger partial charge in [-0.15, -0.1) is 11.8 Å². The third-order valence-corrected chi connectivity index (χ3v) is 7.40. The number of unbranched alkanes of at least 4 members (excludes halogenated alkanes) is 2. The zero-order chi connectivity index (χ0) is 22.9. The molecular weight excluding hydrogens is 388 g/mol. The van der Waals surface area contributed by atoms with Crippen molar-refractivity contribution in [2.45, 2.75) is 119 Å². The van der Waals surface area contributed by atoms with Crippen LogP contribution in [0.1, 0.15) is 112 Å². The normalized spacial score (nSPS) is 21.0. The zero-order valence-corrected chi connectivity index (χ0v) is 22.5. The van der Waals surface area contributed by atoms with Crippen LogP contribution >= 0.6 is 11.8 Å². The van der Waals surface area contributed by atoms with Gasteiger partial charge >= 0.3 is 0 Å². The number of aryl methyl sites for hydroxylation is 1. The molecule has 4 heteroatoms. The van der Waals surface area contributed by atoms with Crippen molar-refractivity contribution in [2.75, 3.05) is 12.3 Å². The van der Waals surface area contributed by atoms with E-state index >= 15 is 0 Å². The number of aromatic nitrogens is 1. The fourth-order valence-electron chi connectivity index (χ4n) is 4.58. The molecule has 178 valence electrons. The molecule has 1 heterocycles. The molecule has 0 bridgehead atoms. The first-order valence-electron chi connectivity index (χ1n) is 12.8. The van der Waals surface area contributed by atoms with E-state index in [-0.39, 0.29) is 0 Å². The summed E-state index contributed by atoms with van der Waals surface area (Å²) in [7, 11) is 0. The number of thioether (sulfide) groups is 1. The maximum atomic E-state index is 5.52. The minimum Gasteiger partial charge on any atom is -0.359 e. The highest BCUT2D eigenvalue weighted by Crippen LogP contribution is 2.46. The maximum absolute atomic E-state index is 5.52. The van der Waals surface area contributed by atoms with Crippen LogP contribution in [0.3, 0.4) is 0 Å². The Kier molecular flexibility index (Phi) is 17.8. The van der Waals surface area contributed by atoms with Crippen molar-refractivity contribution in [3.8, 4) is 0 Å². The van der Waals surface area contributed by atoms with E-state index < -0.39 is 0 Å². The average molecular weight is 441 g/mol. The lowest BCUT2D eigenvalue weighted by molar-refractivity contribution is 0.0297. The summed E-state index contributed by atoms with van der Waals surface area (Å²) < 4.78 is 5.52. The molecule has 1 fully saturated rings. The van der Waals surface area contributed by atoms with E-state index in [1.165, 1.54) is 49.8 Å². The lowest BCUT2D eigenvalue weighted by Crippen LogP contribution is -2.42. The Morgan fingerprint density at radius 3 is 2.27 bits per heavy atom. The smallest absolute Gasteiger partial charge is 0.164 e. The van der Waals surface area contributed by atoms with Gasteiger partial charge in [0.15, 0.2) is 5.76 Å². The van der Waals surface area contributed by atoms with Crippen LogP contribution in [0.4, 0.5) is 0 Å². The largest absolute Gasteiger partial charge is 0.359 e. The van der Waals surface area contributed by atoms with Crippen molar-refractivity contribution in [1.29, 1.82) is 0 Å². The van der Waals surface area contributed by atoms with Gasteiger partial charge < -0.3 is 9.84 Å². The summed E-state index contributed by atoms with van der Waals surface area (Å²) in [5.41, 5.74) is 1.03. The predicted molar refractivity (Wildman–Crippen MR) is 135 cm³/mol. The van der Waals surface area contributed by atoms with Crippen LogP contribution in [-0.4, -0.2) is 17.5 Å². The number of hydrogen-bond acceptors (Lipinski definition) is 4. The number of rotatable bonds is 12. The standard InChI is InChI=1S/C19H34N2OS.C5H12.C2H6/c1-6-8-16-10-13(3)18(16)14(4)11-20-12-17-19(23-9-7-2)15(5)21-22-17;1-3-5-4-2;1-2/h13-14,16,18,20H,6-12H2,1-5H3;3-5H2,1-2H3;1-2H3. The van der Waals surface area contributed by atoms with Gasteiger partial charge in [-0.05, 0) is 55.7 Å². The van der Waals surface area contributed by atoms with Crippen molar-refractivity contribution in [3.05, 3.63) is 11.5 Å². The minimum absolute atomic E-state index is 0.742. The predicted octanol–water partition coefficient (Wildman–Crippen LogP) is 8.51. The average Bonchev–Trinajstić information content (AvgIpc) is 3.08. The summed E-state index contributed by atoms with van der Waals surface area (Å²) in [6.07, 6.45) is 9.41. The van der Waals surface area contributed by atoms with Gasteiger partial charge in [0, 0.05) is 0 Å². The van der Waals surface area contributed by atoms with Crippen LogP contribution in [0.25, 0.3) is 0 Å². The summed E-state index contributed by atoms with van der Waals surface area (Å²) in [6.45, 7) is 21.7. The molecular formula is C26H52N2OS. The molecule has 2 rings (SSSR count). The van der Waals surface area contributed by atoms with Crippen molar-refractivity contribution < 1.29 is 4.52 Å². The van der Waals surface area contributed by atoms with Crippen LogP contribution in [0.5, 0.6) is 0 Å². The molecule has 0 spiro atoms. The van der Waals surface area contributed by atoms with Gasteiger partial charge in [-0.25, -0.2) is 0 Å². The van der Waals surface area contributed by atoms with E-state index in [1.807, 2.05) is 32.5 Å². The summed E-state index contributed by atoms with van der Waals surface area (Å²) in [4.78, 5) is 1.24. The molecule has 0 amide bonds. The molecule has 0 aromatic carbocycles. The highest BCUT2D eigenvalue weighted by atomic mass is 32.2. The first kappa shape index (κ1) is 29.5. The molecule has 0 radical (unpaired) electrons.